The SMILES string of the molecule is NC(=S)C(CN(CCO)CCO)C(F)(F)F. The summed E-state index contributed by atoms with van der Waals surface area (Å²) >= 11 is 4.36. The van der Waals surface area contributed by atoms with E-state index in [2.05, 4.69) is 12.2 Å². The van der Waals surface area contributed by atoms with E-state index in [9.17, 15) is 13.2 Å². The van der Waals surface area contributed by atoms with Crippen molar-refractivity contribution in [3.63, 3.8) is 0 Å². The molecule has 8 heteroatoms. The second kappa shape index (κ2) is 7.00. The first-order valence-electron chi connectivity index (χ1n) is 4.63. The van der Waals surface area contributed by atoms with Gasteiger partial charge < -0.3 is 15.9 Å². The molecule has 0 bridgehead atoms. The first-order valence-corrected chi connectivity index (χ1v) is 5.03. The Hall–Kier alpha value is -0.440. The first kappa shape index (κ1) is 15.6. The highest BCUT2D eigenvalue weighted by Gasteiger charge is 2.42. The van der Waals surface area contributed by atoms with Crippen molar-refractivity contribution in [1.29, 1.82) is 0 Å². The molecule has 0 fully saturated rings. The van der Waals surface area contributed by atoms with Crippen molar-refractivity contribution in [1.82, 2.24) is 4.90 Å². The molecule has 4 nitrogen and oxygen atoms in total. The van der Waals surface area contributed by atoms with Crippen LogP contribution < -0.4 is 5.73 Å². The molecule has 96 valence electrons. The van der Waals surface area contributed by atoms with E-state index < -0.39 is 23.6 Å². The van der Waals surface area contributed by atoms with Crippen molar-refractivity contribution in [3.05, 3.63) is 0 Å². The van der Waals surface area contributed by atoms with Gasteiger partial charge in [0.25, 0.3) is 0 Å². The molecular formula is C8H15F3N2O2S. The number of aliphatic hydroxyl groups excluding tert-OH is 2. The van der Waals surface area contributed by atoms with Crippen LogP contribution in [0.25, 0.3) is 0 Å². The molecular weight excluding hydrogens is 245 g/mol. The summed E-state index contributed by atoms with van der Waals surface area (Å²) in [6.45, 7) is -0.949. The predicted octanol–water partition coefficient (Wildman–Crippen LogP) is -0.262. The van der Waals surface area contributed by atoms with E-state index in [1.165, 1.54) is 4.90 Å². The molecule has 1 atom stereocenters. The number of hydrogen-bond donors (Lipinski definition) is 3. The van der Waals surface area contributed by atoms with Gasteiger partial charge in [-0.2, -0.15) is 13.2 Å². The van der Waals surface area contributed by atoms with Gasteiger partial charge in [0.2, 0.25) is 0 Å². The zero-order valence-corrected chi connectivity index (χ0v) is 9.39. The normalized spacial score (nSPS) is 14.1. The molecule has 0 saturated carbocycles. The lowest BCUT2D eigenvalue weighted by molar-refractivity contribution is -0.159. The minimum Gasteiger partial charge on any atom is -0.395 e. The van der Waals surface area contributed by atoms with Gasteiger partial charge in [0, 0.05) is 19.6 Å². The van der Waals surface area contributed by atoms with Crippen LogP contribution in [0.1, 0.15) is 0 Å². The Bertz CT molecular complexity index is 220. The van der Waals surface area contributed by atoms with Crippen LogP contribution >= 0.6 is 12.2 Å². The van der Waals surface area contributed by atoms with E-state index in [-0.39, 0.29) is 26.3 Å². The summed E-state index contributed by atoms with van der Waals surface area (Å²) in [6.07, 6.45) is -4.50. The number of nitrogens with zero attached hydrogens (tertiary/aromatic N) is 1. The maximum absolute atomic E-state index is 12.5. The van der Waals surface area contributed by atoms with Gasteiger partial charge in [-0.15, -0.1) is 0 Å². The van der Waals surface area contributed by atoms with Crippen LogP contribution in [0.3, 0.4) is 0 Å². The lowest BCUT2D eigenvalue weighted by Crippen LogP contribution is -2.45. The Balaban J connectivity index is 4.51. The highest BCUT2D eigenvalue weighted by atomic mass is 32.1. The summed E-state index contributed by atoms with van der Waals surface area (Å²) < 4.78 is 37.5. The third kappa shape index (κ3) is 5.59. The molecule has 0 aliphatic rings. The standard InChI is InChI=1S/C8H15F3N2O2S/c9-8(10,11)6(7(12)16)5-13(1-3-14)2-4-15/h6,14-15H,1-5H2,(H2,12,16). The van der Waals surface area contributed by atoms with Gasteiger partial charge >= 0.3 is 6.18 Å². The molecule has 0 amide bonds. The van der Waals surface area contributed by atoms with Gasteiger partial charge in [0.05, 0.1) is 18.2 Å². The fraction of sp³-hybridized carbons (Fsp3) is 0.875. The van der Waals surface area contributed by atoms with Crippen LogP contribution in [0, 0.1) is 5.92 Å². The molecule has 4 N–H and O–H groups in total. The topological polar surface area (TPSA) is 69.7 Å². The molecule has 0 aromatic rings. The zero-order chi connectivity index (χ0) is 12.8. The molecule has 0 spiro atoms. The quantitative estimate of drug-likeness (QED) is 0.550. The summed E-state index contributed by atoms with van der Waals surface area (Å²) in [5.41, 5.74) is 5.02. The van der Waals surface area contributed by atoms with Crippen molar-refractivity contribution in [3.8, 4) is 0 Å². The first-order chi connectivity index (χ1) is 7.32. The predicted molar refractivity (Wildman–Crippen MR) is 56.9 cm³/mol. The van der Waals surface area contributed by atoms with Crippen LogP contribution in [0.2, 0.25) is 0 Å². The van der Waals surface area contributed by atoms with Crippen molar-refractivity contribution in [2.45, 2.75) is 6.18 Å². The average Bonchev–Trinajstić information content (AvgIpc) is 2.12. The molecule has 1 unspecified atom stereocenters. The van der Waals surface area contributed by atoms with Crippen LogP contribution in [0.15, 0.2) is 0 Å². The number of aliphatic hydroxyl groups is 2. The second-order valence-corrected chi connectivity index (χ2v) is 3.72. The lowest BCUT2D eigenvalue weighted by atomic mass is 10.1. The number of alkyl halides is 3. The van der Waals surface area contributed by atoms with Crippen LogP contribution in [-0.2, 0) is 0 Å². The van der Waals surface area contributed by atoms with Gasteiger partial charge in [0.15, 0.2) is 0 Å². The number of rotatable bonds is 7. The maximum Gasteiger partial charge on any atom is 0.399 e. The van der Waals surface area contributed by atoms with Gasteiger partial charge in [-0.05, 0) is 0 Å². The summed E-state index contributed by atoms with van der Waals surface area (Å²) in [5, 5.41) is 17.3. The van der Waals surface area contributed by atoms with Gasteiger partial charge in [-0.3, -0.25) is 4.90 Å². The summed E-state index contributed by atoms with van der Waals surface area (Å²) in [4.78, 5) is 0.630. The molecule has 0 saturated heterocycles. The number of thiocarbonyl (C=S) groups is 1. The van der Waals surface area contributed by atoms with Crippen LogP contribution in [0.4, 0.5) is 13.2 Å². The van der Waals surface area contributed by atoms with Crippen molar-refractivity contribution >= 4 is 17.2 Å². The lowest BCUT2D eigenvalue weighted by Gasteiger charge is -2.27. The largest absolute Gasteiger partial charge is 0.399 e. The van der Waals surface area contributed by atoms with Crippen molar-refractivity contribution in [2.75, 3.05) is 32.8 Å². The monoisotopic (exact) mass is 260 g/mol. The molecule has 16 heavy (non-hydrogen) atoms. The Morgan fingerprint density at radius 1 is 1.25 bits per heavy atom. The summed E-state index contributed by atoms with van der Waals surface area (Å²) in [7, 11) is 0. The van der Waals surface area contributed by atoms with E-state index in [1.54, 1.807) is 0 Å². The van der Waals surface area contributed by atoms with E-state index in [4.69, 9.17) is 15.9 Å². The fourth-order valence-corrected chi connectivity index (χ4v) is 1.40. The van der Waals surface area contributed by atoms with Gasteiger partial charge in [-0.25, -0.2) is 0 Å². The highest BCUT2D eigenvalue weighted by Crippen LogP contribution is 2.27. The summed E-state index contributed by atoms with van der Waals surface area (Å²) in [5.74, 6) is -1.92. The number of hydrogen-bond acceptors (Lipinski definition) is 4. The van der Waals surface area contributed by atoms with E-state index in [1.807, 2.05) is 0 Å². The van der Waals surface area contributed by atoms with Gasteiger partial charge in [0.1, 0.15) is 5.92 Å². The van der Waals surface area contributed by atoms with Crippen molar-refractivity contribution in [2.24, 2.45) is 11.7 Å². The Morgan fingerprint density at radius 3 is 1.94 bits per heavy atom. The Morgan fingerprint density at radius 2 is 1.69 bits per heavy atom. The third-order valence-electron chi connectivity index (χ3n) is 2.01. The van der Waals surface area contributed by atoms with Gasteiger partial charge in [-0.1, -0.05) is 12.2 Å². The molecule has 0 aliphatic heterocycles. The summed E-state index contributed by atoms with van der Waals surface area (Å²) in [6, 6.07) is 0. The minimum absolute atomic E-state index is 0.0375. The maximum atomic E-state index is 12.5. The minimum atomic E-state index is -4.50. The van der Waals surface area contributed by atoms with Crippen LogP contribution in [-0.4, -0.2) is 59.1 Å². The fourth-order valence-electron chi connectivity index (χ4n) is 1.19. The zero-order valence-electron chi connectivity index (χ0n) is 8.57. The molecule has 0 heterocycles. The number of halogens is 3. The molecule has 0 aliphatic carbocycles. The molecule has 0 rings (SSSR count). The molecule has 0 aromatic carbocycles. The smallest absolute Gasteiger partial charge is 0.395 e. The van der Waals surface area contributed by atoms with E-state index >= 15 is 0 Å². The van der Waals surface area contributed by atoms with E-state index in [0.29, 0.717) is 0 Å². The van der Waals surface area contributed by atoms with Crippen molar-refractivity contribution < 1.29 is 23.4 Å². The second-order valence-electron chi connectivity index (χ2n) is 3.24. The highest BCUT2D eigenvalue weighted by molar-refractivity contribution is 7.80. The van der Waals surface area contributed by atoms with Crippen LogP contribution in [0.5, 0.6) is 0 Å². The average molecular weight is 260 g/mol. The molecule has 0 radical (unpaired) electrons. The molecule has 0 aromatic heterocycles. The Kier molecular flexibility index (Phi) is 6.81. The Labute approximate surface area is 96.8 Å². The third-order valence-corrected chi connectivity index (χ3v) is 2.30. The number of nitrogens with two attached hydrogens (primary N) is 1. The van der Waals surface area contributed by atoms with E-state index in [0.717, 1.165) is 0 Å².